The SMILES string of the molecule is C[C@H](c1ccc(Cl)cc1)C1CCCC1. The fourth-order valence-electron chi connectivity index (χ4n) is 2.50. The Hall–Kier alpha value is -0.490. The number of hydrogen-bond donors (Lipinski definition) is 0. The number of benzene rings is 1. The first-order valence-corrected chi connectivity index (χ1v) is 5.90. The summed E-state index contributed by atoms with van der Waals surface area (Å²) in [5.74, 6) is 1.60. The van der Waals surface area contributed by atoms with E-state index >= 15 is 0 Å². The minimum Gasteiger partial charge on any atom is -0.0843 e. The molecule has 0 spiro atoms. The normalized spacial score (nSPS) is 19.9. The molecule has 1 fully saturated rings. The molecule has 0 saturated heterocycles. The van der Waals surface area contributed by atoms with Crippen LogP contribution in [0.4, 0.5) is 0 Å². The Morgan fingerprint density at radius 3 is 2.29 bits per heavy atom. The second-order valence-corrected chi connectivity index (χ2v) is 4.82. The van der Waals surface area contributed by atoms with Crippen LogP contribution in [0.5, 0.6) is 0 Å². The third kappa shape index (κ3) is 2.12. The fourth-order valence-corrected chi connectivity index (χ4v) is 2.62. The van der Waals surface area contributed by atoms with Gasteiger partial charge in [0.2, 0.25) is 0 Å². The van der Waals surface area contributed by atoms with Gasteiger partial charge < -0.3 is 0 Å². The molecule has 0 bridgehead atoms. The maximum absolute atomic E-state index is 5.88. The molecular weight excluding hydrogens is 192 g/mol. The molecule has 0 amide bonds. The predicted molar refractivity (Wildman–Crippen MR) is 61.8 cm³/mol. The third-order valence-corrected chi connectivity index (χ3v) is 3.75. The predicted octanol–water partition coefficient (Wildman–Crippen LogP) is 4.63. The van der Waals surface area contributed by atoms with Crippen LogP contribution in [0.1, 0.15) is 44.1 Å². The van der Waals surface area contributed by atoms with E-state index in [4.69, 9.17) is 11.6 Å². The molecule has 1 aliphatic carbocycles. The van der Waals surface area contributed by atoms with Gasteiger partial charge in [0.05, 0.1) is 0 Å². The van der Waals surface area contributed by atoms with E-state index < -0.39 is 0 Å². The van der Waals surface area contributed by atoms with E-state index in [2.05, 4.69) is 19.1 Å². The van der Waals surface area contributed by atoms with Crippen molar-refractivity contribution in [1.82, 2.24) is 0 Å². The van der Waals surface area contributed by atoms with Crippen molar-refractivity contribution < 1.29 is 0 Å². The molecule has 76 valence electrons. The summed E-state index contributed by atoms with van der Waals surface area (Å²) in [4.78, 5) is 0. The summed E-state index contributed by atoms with van der Waals surface area (Å²) < 4.78 is 0. The molecule has 0 aromatic heterocycles. The van der Waals surface area contributed by atoms with Crippen LogP contribution in [0.25, 0.3) is 0 Å². The van der Waals surface area contributed by atoms with Gasteiger partial charge in [0.15, 0.2) is 0 Å². The average molecular weight is 209 g/mol. The van der Waals surface area contributed by atoms with Crippen molar-refractivity contribution in [2.24, 2.45) is 5.92 Å². The van der Waals surface area contributed by atoms with Crippen LogP contribution in [0.2, 0.25) is 5.02 Å². The summed E-state index contributed by atoms with van der Waals surface area (Å²) >= 11 is 5.88. The summed E-state index contributed by atoms with van der Waals surface area (Å²) in [5.41, 5.74) is 1.45. The lowest BCUT2D eigenvalue weighted by molar-refractivity contribution is 0.461. The largest absolute Gasteiger partial charge is 0.0843 e. The summed E-state index contributed by atoms with van der Waals surface area (Å²) in [6.45, 7) is 2.35. The molecule has 1 aliphatic rings. The summed E-state index contributed by atoms with van der Waals surface area (Å²) in [6, 6.07) is 8.35. The molecule has 0 radical (unpaired) electrons. The highest BCUT2D eigenvalue weighted by Crippen LogP contribution is 2.37. The Morgan fingerprint density at radius 2 is 1.71 bits per heavy atom. The summed E-state index contributed by atoms with van der Waals surface area (Å²) in [5, 5.41) is 0.840. The Balaban J connectivity index is 2.09. The highest BCUT2D eigenvalue weighted by atomic mass is 35.5. The van der Waals surface area contributed by atoms with Crippen LogP contribution >= 0.6 is 11.6 Å². The van der Waals surface area contributed by atoms with Crippen LogP contribution < -0.4 is 0 Å². The number of hydrogen-bond acceptors (Lipinski definition) is 0. The van der Waals surface area contributed by atoms with E-state index in [0.29, 0.717) is 5.92 Å². The molecule has 14 heavy (non-hydrogen) atoms. The summed E-state index contributed by atoms with van der Waals surface area (Å²) in [6.07, 6.45) is 5.65. The zero-order chi connectivity index (χ0) is 9.97. The Labute approximate surface area is 91.3 Å². The zero-order valence-corrected chi connectivity index (χ0v) is 9.43. The standard InChI is InChI=1S/C13H17Cl/c1-10(11-4-2-3-5-11)12-6-8-13(14)9-7-12/h6-11H,2-5H2,1H3/t10-/m0/s1. The monoisotopic (exact) mass is 208 g/mol. The lowest BCUT2D eigenvalue weighted by atomic mass is 9.87. The highest BCUT2D eigenvalue weighted by molar-refractivity contribution is 6.30. The molecule has 1 heteroatoms. The molecule has 1 atom stereocenters. The Bertz CT molecular complexity index is 283. The van der Waals surface area contributed by atoms with Crippen LogP contribution in [0, 0.1) is 5.92 Å². The smallest absolute Gasteiger partial charge is 0.0406 e. The van der Waals surface area contributed by atoms with Crippen molar-refractivity contribution in [3.8, 4) is 0 Å². The molecule has 0 aliphatic heterocycles. The van der Waals surface area contributed by atoms with Gasteiger partial charge in [-0.15, -0.1) is 0 Å². The van der Waals surface area contributed by atoms with Crippen molar-refractivity contribution in [2.45, 2.75) is 38.5 Å². The zero-order valence-electron chi connectivity index (χ0n) is 8.67. The lowest BCUT2D eigenvalue weighted by Crippen LogP contribution is -2.05. The van der Waals surface area contributed by atoms with Gasteiger partial charge in [0.25, 0.3) is 0 Å². The fraction of sp³-hybridized carbons (Fsp3) is 0.538. The van der Waals surface area contributed by atoms with Gasteiger partial charge in [-0.3, -0.25) is 0 Å². The second-order valence-electron chi connectivity index (χ2n) is 4.38. The van der Waals surface area contributed by atoms with Crippen molar-refractivity contribution >= 4 is 11.6 Å². The molecule has 1 saturated carbocycles. The van der Waals surface area contributed by atoms with Crippen LogP contribution in [-0.4, -0.2) is 0 Å². The first-order valence-electron chi connectivity index (χ1n) is 5.53. The van der Waals surface area contributed by atoms with Crippen LogP contribution in [0.15, 0.2) is 24.3 Å². The van der Waals surface area contributed by atoms with Crippen molar-refractivity contribution in [1.29, 1.82) is 0 Å². The topological polar surface area (TPSA) is 0 Å². The van der Waals surface area contributed by atoms with E-state index in [1.54, 1.807) is 0 Å². The molecule has 0 N–H and O–H groups in total. The maximum Gasteiger partial charge on any atom is 0.0406 e. The third-order valence-electron chi connectivity index (χ3n) is 3.50. The first-order chi connectivity index (χ1) is 6.77. The molecule has 0 unspecified atom stereocenters. The van der Waals surface area contributed by atoms with Gasteiger partial charge in [0.1, 0.15) is 0 Å². The molecule has 1 aromatic rings. The van der Waals surface area contributed by atoms with Crippen molar-refractivity contribution in [3.05, 3.63) is 34.9 Å². The van der Waals surface area contributed by atoms with E-state index in [9.17, 15) is 0 Å². The molecular formula is C13H17Cl. The van der Waals surface area contributed by atoms with Crippen LogP contribution in [0.3, 0.4) is 0 Å². The minimum absolute atomic E-state index is 0.703. The quantitative estimate of drug-likeness (QED) is 0.665. The second kappa shape index (κ2) is 4.35. The van der Waals surface area contributed by atoms with Gasteiger partial charge in [-0.2, -0.15) is 0 Å². The van der Waals surface area contributed by atoms with Gasteiger partial charge in [-0.25, -0.2) is 0 Å². The number of halogens is 1. The van der Waals surface area contributed by atoms with Gasteiger partial charge in [-0.05, 0) is 42.4 Å². The molecule has 0 heterocycles. The highest BCUT2D eigenvalue weighted by Gasteiger charge is 2.22. The minimum atomic E-state index is 0.703. The molecule has 1 aromatic carbocycles. The molecule has 2 rings (SSSR count). The van der Waals surface area contributed by atoms with Gasteiger partial charge in [0, 0.05) is 5.02 Å². The van der Waals surface area contributed by atoms with Crippen molar-refractivity contribution in [3.63, 3.8) is 0 Å². The van der Waals surface area contributed by atoms with Crippen LogP contribution in [-0.2, 0) is 0 Å². The van der Waals surface area contributed by atoms with E-state index in [1.165, 1.54) is 31.2 Å². The Morgan fingerprint density at radius 1 is 1.14 bits per heavy atom. The average Bonchev–Trinajstić information content (AvgIpc) is 2.71. The van der Waals surface area contributed by atoms with Gasteiger partial charge in [-0.1, -0.05) is 43.5 Å². The van der Waals surface area contributed by atoms with E-state index in [-0.39, 0.29) is 0 Å². The summed E-state index contributed by atoms with van der Waals surface area (Å²) in [7, 11) is 0. The van der Waals surface area contributed by atoms with Crippen molar-refractivity contribution in [2.75, 3.05) is 0 Å². The van der Waals surface area contributed by atoms with E-state index in [0.717, 1.165) is 10.9 Å². The molecule has 0 nitrogen and oxygen atoms in total. The Kier molecular flexibility index (Phi) is 3.12. The maximum atomic E-state index is 5.88. The van der Waals surface area contributed by atoms with Gasteiger partial charge >= 0.3 is 0 Å². The first kappa shape index (κ1) is 10.0. The number of rotatable bonds is 2. The van der Waals surface area contributed by atoms with E-state index in [1.807, 2.05) is 12.1 Å². The lowest BCUT2D eigenvalue weighted by Gasteiger charge is -2.19.